The highest BCUT2D eigenvalue weighted by Gasteiger charge is 2.03. The summed E-state index contributed by atoms with van der Waals surface area (Å²) in [4.78, 5) is 10.4. The zero-order chi connectivity index (χ0) is 11.4. The van der Waals surface area contributed by atoms with E-state index in [2.05, 4.69) is 25.9 Å². The molecule has 0 spiro atoms. The molecule has 7 heteroatoms. The van der Waals surface area contributed by atoms with E-state index in [0.717, 1.165) is 5.56 Å². The molecule has 1 aromatic carbocycles. The van der Waals surface area contributed by atoms with Crippen LogP contribution in [-0.2, 0) is 4.79 Å². The molecule has 0 saturated heterocycles. The number of hydrogen-bond donors (Lipinski definition) is 3. The van der Waals surface area contributed by atoms with Crippen LogP contribution in [0.15, 0.2) is 24.3 Å². The summed E-state index contributed by atoms with van der Waals surface area (Å²) in [5, 5.41) is 24.8. The first kappa shape index (κ1) is 10.1. The molecule has 0 aliphatic carbocycles. The van der Waals surface area contributed by atoms with Crippen molar-refractivity contribution in [3.8, 4) is 11.4 Å². The molecule has 0 bridgehead atoms. The average molecular weight is 219 g/mol. The van der Waals surface area contributed by atoms with Crippen LogP contribution in [0.2, 0.25) is 0 Å². The second-order valence-electron chi connectivity index (χ2n) is 3.06. The van der Waals surface area contributed by atoms with Crippen molar-refractivity contribution in [3.05, 3.63) is 24.3 Å². The zero-order valence-electron chi connectivity index (χ0n) is 8.21. The average Bonchev–Trinajstić information content (AvgIpc) is 2.80. The molecule has 0 aliphatic heterocycles. The molecule has 0 amide bonds. The van der Waals surface area contributed by atoms with Crippen molar-refractivity contribution in [2.75, 3.05) is 11.9 Å². The summed E-state index contributed by atoms with van der Waals surface area (Å²) in [7, 11) is 0. The van der Waals surface area contributed by atoms with Gasteiger partial charge in [0.15, 0.2) is 0 Å². The van der Waals surface area contributed by atoms with Gasteiger partial charge in [-0.3, -0.25) is 4.79 Å². The second kappa shape index (κ2) is 4.39. The van der Waals surface area contributed by atoms with Crippen LogP contribution >= 0.6 is 0 Å². The molecule has 2 aromatic rings. The molecule has 0 atom stereocenters. The molecule has 0 saturated carbocycles. The van der Waals surface area contributed by atoms with Gasteiger partial charge < -0.3 is 10.4 Å². The highest BCUT2D eigenvalue weighted by Crippen LogP contribution is 2.17. The van der Waals surface area contributed by atoms with Gasteiger partial charge in [-0.1, -0.05) is 12.1 Å². The van der Waals surface area contributed by atoms with Crippen molar-refractivity contribution >= 4 is 11.7 Å². The molecular weight excluding hydrogens is 210 g/mol. The highest BCUT2D eigenvalue weighted by atomic mass is 16.4. The summed E-state index contributed by atoms with van der Waals surface area (Å²) in [6.07, 6.45) is 0. The number of carboxylic acids is 1. The van der Waals surface area contributed by atoms with E-state index in [9.17, 15) is 4.79 Å². The fourth-order valence-corrected chi connectivity index (χ4v) is 1.23. The normalized spacial score (nSPS) is 10.0. The van der Waals surface area contributed by atoms with E-state index in [1.165, 1.54) is 0 Å². The molecular formula is C9H9N5O2. The Labute approximate surface area is 90.5 Å². The number of aliphatic carboxylic acids is 1. The van der Waals surface area contributed by atoms with Gasteiger partial charge in [0.25, 0.3) is 0 Å². The van der Waals surface area contributed by atoms with Crippen LogP contribution in [0.4, 0.5) is 5.69 Å². The fourth-order valence-electron chi connectivity index (χ4n) is 1.23. The maximum atomic E-state index is 10.4. The number of anilines is 1. The summed E-state index contributed by atoms with van der Waals surface area (Å²) in [5.41, 5.74) is 1.47. The van der Waals surface area contributed by atoms with E-state index in [0.29, 0.717) is 11.5 Å². The molecule has 0 aliphatic rings. The van der Waals surface area contributed by atoms with Crippen LogP contribution in [0.3, 0.4) is 0 Å². The molecule has 16 heavy (non-hydrogen) atoms. The zero-order valence-corrected chi connectivity index (χ0v) is 8.21. The van der Waals surface area contributed by atoms with E-state index in [4.69, 9.17) is 5.11 Å². The molecule has 3 N–H and O–H groups in total. The molecule has 0 radical (unpaired) electrons. The third-order valence-electron chi connectivity index (χ3n) is 1.91. The van der Waals surface area contributed by atoms with E-state index in [1.807, 2.05) is 6.07 Å². The Morgan fingerprint density at radius 3 is 3.06 bits per heavy atom. The lowest BCUT2D eigenvalue weighted by atomic mass is 10.2. The lowest BCUT2D eigenvalue weighted by Crippen LogP contribution is -2.12. The number of carbonyl (C=O) groups is 1. The van der Waals surface area contributed by atoms with Crippen LogP contribution in [0.5, 0.6) is 0 Å². The van der Waals surface area contributed by atoms with Gasteiger partial charge in [-0.2, -0.15) is 5.21 Å². The summed E-state index contributed by atoms with van der Waals surface area (Å²) in [5.74, 6) is -0.441. The topological polar surface area (TPSA) is 104 Å². The lowest BCUT2D eigenvalue weighted by molar-refractivity contribution is -0.134. The minimum atomic E-state index is -0.912. The van der Waals surface area contributed by atoms with Gasteiger partial charge in [-0.25, -0.2) is 0 Å². The van der Waals surface area contributed by atoms with Crippen molar-refractivity contribution in [2.24, 2.45) is 0 Å². The van der Waals surface area contributed by atoms with Crippen molar-refractivity contribution in [1.82, 2.24) is 20.6 Å². The fraction of sp³-hybridized carbons (Fsp3) is 0.111. The van der Waals surface area contributed by atoms with Crippen molar-refractivity contribution in [2.45, 2.75) is 0 Å². The number of nitrogens with zero attached hydrogens (tertiary/aromatic N) is 3. The van der Waals surface area contributed by atoms with Crippen LogP contribution in [0.25, 0.3) is 11.4 Å². The highest BCUT2D eigenvalue weighted by molar-refractivity contribution is 5.73. The molecule has 2 rings (SSSR count). The predicted molar refractivity (Wildman–Crippen MR) is 55.7 cm³/mol. The quantitative estimate of drug-likeness (QED) is 0.686. The van der Waals surface area contributed by atoms with E-state index < -0.39 is 5.97 Å². The summed E-state index contributed by atoms with van der Waals surface area (Å²) in [6, 6.07) is 7.13. The Balaban J connectivity index is 2.17. The molecule has 1 heterocycles. The summed E-state index contributed by atoms with van der Waals surface area (Å²) in [6.45, 7) is -0.129. The number of H-pyrrole nitrogens is 1. The number of aromatic nitrogens is 4. The van der Waals surface area contributed by atoms with Gasteiger partial charge in [-0.15, -0.1) is 10.2 Å². The van der Waals surface area contributed by atoms with E-state index in [-0.39, 0.29) is 6.54 Å². The third-order valence-corrected chi connectivity index (χ3v) is 1.91. The van der Waals surface area contributed by atoms with Crippen LogP contribution in [0.1, 0.15) is 0 Å². The number of hydrogen-bond acceptors (Lipinski definition) is 5. The van der Waals surface area contributed by atoms with Gasteiger partial charge in [0.1, 0.15) is 6.54 Å². The first-order chi connectivity index (χ1) is 7.75. The van der Waals surface area contributed by atoms with Crippen LogP contribution in [0, 0.1) is 0 Å². The SMILES string of the molecule is O=C(O)CNc1cccc(-c2nn[nH]n2)c1. The van der Waals surface area contributed by atoms with Crippen LogP contribution in [-0.4, -0.2) is 38.2 Å². The number of carboxylic acid groups (broad SMARTS) is 1. The molecule has 7 nitrogen and oxygen atoms in total. The summed E-state index contributed by atoms with van der Waals surface area (Å²) < 4.78 is 0. The Kier molecular flexibility index (Phi) is 2.77. The van der Waals surface area contributed by atoms with Gasteiger partial charge in [-0.05, 0) is 17.3 Å². The predicted octanol–water partition coefficient (Wildman–Crippen LogP) is 0.363. The lowest BCUT2D eigenvalue weighted by Gasteiger charge is -2.03. The number of benzene rings is 1. The van der Waals surface area contributed by atoms with E-state index >= 15 is 0 Å². The van der Waals surface area contributed by atoms with Crippen LogP contribution < -0.4 is 5.32 Å². The molecule has 0 unspecified atom stereocenters. The minimum absolute atomic E-state index is 0.129. The largest absolute Gasteiger partial charge is 0.480 e. The number of aromatic amines is 1. The van der Waals surface area contributed by atoms with E-state index in [1.54, 1.807) is 18.2 Å². The maximum Gasteiger partial charge on any atom is 0.322 e. The maximum absolute atomic E-state index is 10.4. The summed E-state index contributed by atoms with van der Waals surface area (Å²) >= 11 is 0. The van der Waals surface area contributed by atoms with Gasteiger partial charge in [0.05, 0.1) is 0 Å². The van der Waals surface area contributed by atoms with Gasteiger partial charge >= 0.3 is 5.97 Å². The first-order valence-corrected chi connectivity index (χ1v) is 4.55. The smallest absolute Gasteiger partial charge is 0.322 e. The molecule has 82 valence electrons. The van der Waals surface area contributed by atoms with Gasteiger partial charge in [0, 0.05) is 11.3 Å². The van der Waals surface area contributed by atoms with Crippen molar-refractivity contribution < 1.29 is 9.90 Å². The second-order valence-corrected chi connectivity index (χ2v) is 3.06. The standard InChI is InChI=1S/C9H9N5O2/c15-8(16)5-10-7-3-1-2-6(4-7)9-11-13-14-12-9/h1-4,10H,5H2,(H,15,16)(H,11,12,13,14). The first-order valence-electron chi connectivity index (χ1n) is 4.55. The van der Waals surface area contributed by atoms with Gasteiger partial charge in [0.2, 0.25) is 5.82 Å². The Bertz CT molecular complexity index is 482. The molecule has 1 aromatic heterocycles. The monoisotopic (exact) mass is 219 g/mol. The molecule has 0 fully saturated rings. The Hall–Kier alpha value is -2.44. The third kappa shape index (κ3) is 2.32. The number of nitrogens with one attached hydrogen (secondary N) is 2. The number of tetrazole rings is 1. The Morgan fingerprint density at radius 2 is 2.38 bits per heavy atom. The number of rotatable bonds is 4. The minimum Gasteiger partial charge on any atom is -0.480 e. The van der Waals surface area contributed by atoms with Crippen molar-refractivity contribution in [3.63, 3.8) is 0 Å². The van der Waals surface area contributed by atoms with Crippen molar-refractivity contribution in [1.29, 1.82) is 0 Å². The Morgan fingerprint density at radius 1 is 1.50 bits per heavy atom.